The third-order valence-electron chi connectivity index (χ3n) is 1.45. The number of hydrogen-bond acceptors (Lipinski definition) is 3. The van der Waals surface area contributed by atoms with E-state index in [2.05, 4.69) is 20.6 Å². The first-order chi connectivity index (χ1) is 6.61. The maximum absolute atomic E-state index is 11.1. The third kappa shape index (κ3) is 2.89. The molecule has 1 heterocycles. The molecule has 14 heavy (non-hydrogen) atoms. The van der Waals surface area contributed by atoms with Gasteiger partial charge in [-0.3, -0.25) is 10.1 Å². The average Bonchev–Trinajstić information content (AvgIpc) is 2.01. The van der Waals surface area contributed by atoms with Gasteiger partial charge in [0.2, 0.25) is 5.95 Å². The predicted octanol–water partition coefficient (Wildman–Crippen LogP) is 0.220. The van der Waals surface area contributed by atoms with E-state index >= 15 is 0 Å². The maximum atomic E-state index is 11.1. The van der Waals surface area contributed by atoms with Gasteiger partial charge in [0.1, 0.15) is 0 Å². The van der Waals surface area contributed by atoms with Gasteiger partial charge in [0.25, 0.3) is 5.56 Å². The molecule has 0 unspecified atom stereocenters. The van der Waals surface area contributed by atoms with Gasteiger partial charge in [-0.1, -0.05) is 0 Å². The molecule has 3 N–H and O–H groups in total. The van der Waals surface area contributed by atoms with Crippen molar-refractivity contribution in [2.75, 3.05) is 11.9 Å². The standard InChI is InChI=1S/C8H12N4O2/c1-3-9-8(14)12-7-10-5(2)4-6(13)11-7/h4H,3H2,1-2H3,(H3,9,10,11,12,13,14). The fraction of sp³-hybridized carbons (Fsp3) is 0.375. The summed E-state index contributed by atoms with van der Waals surface area (Å²) in [5.74, 6) is 0.154. The van der Waals surface area contributed by atoms with E-state index in [1.54, 1.807) is 13.8 Å². The molecule has 0 aromatic carbocycles. The first-order valence-corrected chi connectivity index (χ1v) is 4.24. The number of urea groups is 1. The lowest BCUT2D eigenvalue weighted by Crippen LogP contribution is -2.30. The van der Waals surface area contributed by atoms with Crippen molar-refractivity contribution in [1.29, 1.82) is 0 Å². The molecule has 1 aromatic rings. The minimum atomic E-state index is -0.388. The van der Waals surface area contributed by atoms with E-state index in [9.17, 15) is 9.59 Å². The highest BCUT2D eigenvalue weighted by atomic mass is 16.2. The van der Waals surface area contributed by atoms with E-state index in [1.165, 1.54) is 6.07 Å². The lowest BCUT2D eigenvalue weighted by Gasteiger charge is -2.04. The van der Waals surface area contributed by atoms with Crippen molar-refractivity contribution >= 4 is 12.0 Å². The van der Waals surface area contributed by atoms with Crippen molar-refractivity contribution in [3.8, 4) is 0 Å². The number of H-pyrrole nitrogens is 1. The monoisotopic (exact) mass is 196 g/mol. The van der Waals surface area contributed by atoms with Gasteiger partial charge in [0.15, 0.2) is 0 Å². The summed E-state index contributed by atoms with van der Waals surface area (Å²) in [7, 11) is 0. The summed E-state index contributed by atoms with van der Waals surface area (Å²) in [4.78, 5) is 28.3. The molecule has 0 bridgehead atoms. The van der Waals surface area contributed by atoms with Crippen molar-refractivity contribution in [1.82, 2.24) is 15.3 Å². The van der Waals surface area contributed by atoms with Crippen molar-refractivity contribution in [2.24, 2.45) is 0 Å². The summed E-state index contributed by atoms with van der Waals surface area (Å²) >= 11 is 0. The number of rotatable bonds is 2. The van der Waals surface area contributed by atoms with Crippen LogP contribution in [0.15, 0.2) is 10.9 Å². The van der Waals surface area contributed by atoms with Gasteiger partial charge in [0, 0.05) is 18.3 Å². The number of aryl methyl sites for hydroxylation is 1. The van der Waals surface area contributed by atoms with Gasteiger partial charge in [-0.15, -0.1) is 0 Å². The fourth-order valence-corrected chi connectivity index (χ4v) is 0.950. The molecule has 0 spiro atoms. The summed E-state index contributed by atoms with van der Waals surface area (Å²) in [6.45, 7) is 4.03. The Kier molecular flexibility index (Phi) is 3.22. The van der Waals surface area contributed by atoms with Gasteiger partial charge in [0.05, 0.1) is 0 Å². The van der Waals surface area contributed by atoms with Crippen LogP contribution >= 0.6 is 0 Å². The molecule has 1 aromatic heterocycles. The molecule has 0 aliphatic carbocycles. The van der Waals surface area contributed by atoms with Crippen LogP contribution in [0.5, 0.6) is 0 Å². The molecule has 0 fully saturated rings. The van der Waals surface area contributed by atoms with Crippen molar-refractivity contribution in [3.05, 3.63) is 22.1 Å². The number of nitrogens with one attached hydrogen (secondary N) is 3. The molecule has 6 heteroatoms. The molecule has 0 atom stereocenters. The highest BCUT2D eigenvalue weighted by molar-refractivity contribution is 5.87. The molecule has 0 saturated carbocycles. The molecule has 0 aliphatic rings. The molecule has 2 amide bonds. The topological polar surface area (TPSA) is 86.9 Å². The number of carbonyl (C=O) groups is 1. The molecule has 0 aliphatic heterocycles. The first-order valence-electron chi connectivity index (χ1n) is 4.24. The normalized spacial score (nSPS) is 9.57. The molecule has 76 valence electrons. The lowest BCUT2D eigenvalue weighted by molar-refractivity contribution is 0.252. The summed E-state index contributed by atoms with van der Waals surface area (Å²) in [5, 5.41) is 4.93. The van der Waals surface area contributed by atoms with E-state index in [1.807, 2.05) is 0 Å². The first kappa shape index (κ1) is 10.2. The maximum Gasteiger partial charge on any atom is 0.321 e. The van der Waals surface area contributed by atoms with Crippen LogP contribution in [0.3, 0.4) is 0 Å². The van der Waals surface area contributed by atoms with Crippen LogP contribution in [-0.2, 0) is 0 Å². The third-order valence-corrected chi connectivity index (χ3v) is 1.45. The zero-order valence-electron chi connectivity index (χ0n) is 8.05. The highest BCUT2D eigenvalue weighted by Crippen LogP contribution is 1.94. The van der Waals surface area contributed by atoms with E-state index in [4.69, 9.17) is 0 Å². The number of anilines is 1. The summed E-state index contributed by atoms with van der Waals surface area (Å²) in [5.41, 5.74) is 0.268. The van der Waals surface area contributed by atoms with Crippen LogP contribution in [0.4, 0.5) is 10.7 Å². The number of amides is 2. The Labute approximate surface area is 80.8 Å². The van der Waals surface area contributed by atoms with Gasteiger partial charge >= 0.3 is 6.03 Å². The van der Waals surface area contributed by atoms with Gasteiger partial charge < -0.3 is 10.3 Å². The number of nitrogens with zero attached hydrogens (tertiary/aromatic N) is 1. The SMILES string of the molecule is CCNC(=O)Nc1nc(=O)cc(C)[nH]1. The number of hydrogen-bond donors (Lipinski definition) is 3. The highest BCUT2D eigenvalue weighted by Gasteiger charge is 2.02. The zero-order chi connectivity index (χ0) is 10.6. The van der Waals surface area contributed by atoms with Crippen molar-refractivity contribution < 1.29 is 4.79 Å². The minimum Gasteiger partial charge on any atom is -0.338 e. The quantitative estimate of drug-likeness (QED) is 0.632. The van der Waals surface area contributed by atoms with E-state index in [0.717, 1.165) is 0 Å². The molecular formula is C8H12N4O2. The molecule has 6 nitrogen and oxygen atoms in total. The second-order valence-electron chi connectivity index (χ2n) is 2.74. The Hall–Kier alpha value is -1.85. The second-order valence-corrected chi connectivity index (χ2v) is 2.74. The molecular weight excluding hydrogens is 184 g/mol. The number of aromatic amines is 1. The van der Waals surface area contributed by atoms with E-state index in [-0.39, 0.29) is 17.5 Å². The lowest BCUT2D eigenvalue weighted by atomic mass is 10.4. The fourth-order valence-electron chi connectivity index (χ4n) is 0.950. The summed E-state index contributed by atoms with van der Waals surface area (Å²) in [6.07, 6.45) is 0. The smallest absolute Gasteiger partial charge is 0.321 e. The van der Waals surface area contributed by atoms with Crippen LogP contribution in [-0.4, -0.2) is 22.5 Å². The van der Waals surface area contributed by atoms with E-state index < -0.39 is 0 Å². The van der Waals surface area contributed by atoms with Crippen LogP contribution in [0, 0.1) is 6.92 Å². The van der Waals surface area contributed by atoms with Crippen molar-refractivity contribution in [3.63, 3.8) is 0 Å². The molecule has 0 radical (unpaired) electrons. The van der Waals surface area contributed by atoms with Crippen LogP contribution < -0.4 is 16.2 Å². The van der Waals surface area contributed by atoms with Gasteiger partial charge in [-0.2, -0.15) is 4.98 Å². The number of carbonyl (C=O) groups excluding carboxylic acids is 1. The molecule has 0 saturated heterocycles. The minimum absolute atomic E-state index is 0.154. The Morgan fingerprint density at radius 3 is 2.93 bits per heavy atom. The molecule has 1 rings (SSSR count). The summed E-state index contributed by atoms with van der Waals surface area (Å²) in [6, 6.07) is 0.962. The number of aromatic nitrogens is 2. The van der Waals surface area contributed by atoms with Gasteiger partial charge in [-0.05, 0) is 13.8 Å². The van der Waals surface area contributed by atoms with Gasteiger partial charge in [-0.25, -0.2) is 4.79 Å². The van der Waals surface area contributed by atoms with Crippen LogP contribution in [0.1, 0.15) is 12.6 Å². The Morgan fingerprint density at radius 2 is 2.36 bits per heavy atom. The second kappa shape index (κ2) is 4.40. The van der Waals surface area contributed by atoms with Crippen LogP contribution in [0.2, 0.25) is 0 Å². The largest absolute Gasteiger partial charge is 0.338 e. The Morgan fingerprint density at radius 1 is 1.64 bits per heavy atom. The Bertz CT molecular complexity index is 385. The zero-order valence-corrected chi connectivity index (χ0v) is 8.05. The van der Waals surface area contributed by atoms with Crippen molar-refractivity contribution in [2.45, 2.75) is 13.8 Å². The summed E-state index contributed by atoms with van der Waals surface area (Å²) < 4.78 is 0. The predicted molar refractivity (Wildman–Crippen MR) is 52.3 cm³/mol. The average molecular weight is 196 g/mol. The van der Waals surface area contributed by atoms with Crippen LogP contribution in [0.25, 0.3) is 0 Å². The Balaban J connectivity index is 2.76. The van der Waals surface area contributed by atoms with E-state index in [0.29, 0.717) is 12.2 Å².